The molecule has 82 valence electrons. The van der Waals surface area contributed by atoms with Crippen molar-refractivity contribution in [1.29, 1.82) is 0 Å². The van der Waals surface area contributed by atoms with Crippen LogP contribution in [-0.2, 0) is 13.6 Å². The van der Waals surface area contributed by atoms with Crippen molar-refractivity contribution in [2.75, 3.05) is 20.1 Å². The first-order chi connectivity index (χ1) is 7.16. The molecule has 0 saturated carbocycles. The Balaban J connectivity index is 1.96. The van der Waals surface area contributed by atoms with Crippen molar-refractivity contribution in [3.63, 3.8) is 0 Å². The quantitative estimate of drug-likeness (QED) is 0.749. The minimum Gasteiger partial charge on any atom is -0.351 e. The van der Waals surface area contributed by atoms with E-state index in [2.05, 4.69) is 26.4 Å². The molecule has 0 fully saturated rings. The van der Waals surface area contributed by atoms with Crippen molar-refractivity contribution in [2.45, 2.75) is 13.5 Å². The van der Waals surface area contributed by atoms with Crippen LogP contribution in [0.5, 0.6) is 0 Å². The van der Waals surface area contributed by atoms with Crippen LogP contribution < -0.4 is 5.32 Å². The smallest absolute Gasteiger partial charge is 0.194 e. The molecule has 0 bridgehead atoms. The van der Waals surface area contributed by atoms with Gasteiger partial charge in [-0.25, -0.2) is 0 Å². The van der Waals surface area contributed by atoms with Crippen molar-refractivity contribution in [3.8, 4) is 0 Å². The van der Waals surface area contributed by atoms with Gasteiger partial charge in [-0.1, -0.05) is 0 Å². The summed E-state index contributed by atoms with van der Waals surface area (Å²) in [6.45, 7) is 4.68. The summed E-state index contributed by atoms with van der Waals surface area (Å²) in [5.41, 5.74) is 2.23. The second kappa shape index (κ2) is 3.92. The molecule has 2 heterocycles. The minimum absolute atomic E-state index is 0.778. The number of hydrogen-bond donors (Lipinski definition) is 1. The number of aromatic nitrogens is 2. The van der Waals surface area contributed by atoms with E-state index >= 15 is 0 Å². The summed E-state index contributed by atoms with van der Waals surface area (Å²) >= 11 is 0. The average Bonchev–Trinajstić information content (AvgIpc) is 2.70. The first kappa shape index (κ1) is 10.0. The van der Waals surface area contributed by atoms with E-state index in [1.165, 1.54) is 5.69 Å². The fourth-order valence-corrected chi connectivity index (χ4v) is 1.72. The Morgan fingerprint density at radius 1 is 1.47 bits per heavy atom. The van der Waals surface area contributed by atoms with Crippen molar-refractivity contribution < 1.29 is 0 Å². The molecule has 0 amide bonds. The fourth-order valence-electron chi connectivity index (χ4n) is 1.72. The van der Waals surface area contributed by atoms with Gasteiger partial charge in [0.25, 0.3) is 0 Å². The molecular formula is C10H17N5. The molecule has 1 aliphatic heterocycles. The van der Waals surface area contributed by atoms with Crippen molar-refractivity contribution >= 4 is 5.96 Å². The van der Waals surface area contributed by atoms with Gasteiger partial charge in [-0.3, -0.25) is 9.67 Å². The molecule has 0 atom stereocenters. The van der Waals surface area contributed by atoms with Crippen LogP contribution in [0.2, 0.25) is 0 Å². The highest BCUT2D eigenvalue weighted by atomic mass is 15.3. The van der Waals surface area contributed by atoms with Gasteiger partial charge in [0, 0.05) is 20.6 Å². The number of guanidine groups is 1. The molecule has 0 saturated heterocycles. The average molecular weight is 207 g/mol. The first-order valence-corrected chi connectivity index (χ1v) is 5.16. The van der Waals surface area contributed by atoms with Crippen LogP contribution in [-0.4, -0.2) is 40.8 Å². The van der Waals surface area contributed by atoms with Crippen LogP contribution in [0.1, 0.15) is 11.4 Å². The highest BCUT2D eigenvalue weighted by molar-refractivity contribution is 5.81. The summed E-state index contributed by atoms with van der Waals surface area (Å²) in [5, 5.41) is 7.62. The zero-order valence-corrected chi connectivity index (χ0v) is 9.49. The Kier molecular flexibility index (Phi) is 2.62. The first-order valence-electron chi connectivity index (χ1n) is 5.16. The fraction of sp³-hybridized carbons (Fsp3) is 0.600. The van der Waals surface area contributed by atoms with E-state index in [-0.39, 0.29) is 0 Å². The maximum Gasteiger partial charge on any atom is 0.194 e. The summed E-state index contributed by atoms with van der Waals surface area (Å²) < 4.78 is 1.90. The zero-order chi connectivity index (χ0) is 10.8. The van der Waals surface area contributed by atoms with E-state index < -0.39 is 0 Å². The van der Waals surface area contributed by atoms with Crippen molar-refractivity contribution in [3.05, 3.63) is 17.5 Å². The van der Waals surface area contributed by atoms with Crippen LogP contribution in [0.15, 0.2) is 11.1 Å². The molecule has 1 aromatic rings. The third kappa shape index (κ3) is 2.11. The third-order valence-electron chi connectivity index (χ3n) is 2.59. The predicted molar refractivity (Wildman–Crippen MR) is 59.7 cm³/mol. The lowest BCUT2D eigenvalue weighted by molar-refractivity contribution is 0.531. The molecule has 0 radical (unpaired) electrons. The predicted octanol–water partition coefficient (Wildman–Crippen LogP) is 0.120. The molecule has 0 aliphatic carbocycles. The Morgan fingerprint density at radius 2 is 2.27 bits per heavy atom. The topological polar surface area (TPSA) is 45.5 Å². The Bertz CT molecular complexity index is 379. The molecule has 15 heavy (non-hydrogen) atoms. The maximum absolute atomic E-state index is 4.37. The Labute approximate surface area is 89.8 Å². The lowest BCUT2D eigenvalue weighted by Crippen LogP contribution is -2.35. The van der Waals surface area contributed by atoms with Crippen molar-refractivity contribution in [2.24, 2.45) is 12.0 Å². The van der Waals surface area contributed by atoms with Crippen molar-refractivity contribution in [1.82, 2.24) is 20.0 Å². The summed E-state index contributed by atoms with van der Waals surface area (Å²) in [6, 6.07) is 2.09. The number of hydrogen-bond acceptors (Lipinski definition) is 4. The minimum atomic E-state index is 0.778. The van der Waals surface area contributed by atoms with Gasteiger partial charge in [0.2, 0.25) is 0 Å². The SMILES string of the molecule is Cc1cc(CNC2=NCCN2C)n(C)n1. The molecule has 1 aliphatic rings. The number of nitrogens with zero attached hydrogens (tertiary/aromatic N) is 4. The Hall–Kier alpha value is -1.52. The molecule has 1 aromatic heterocycles. The summed E-state index contributed by atoms with van der Waals surface area (Å²) in [6.07, 6.45) is 0. The van der Waals surface area contributed by atoms with Crippen LogP contribution >= 0.6 is 0 Å². The molecule has 5 heteroatoms. The van der Waals surface area contributed by atoms with Gasteiger partial charge < -0.3 is 10.2 Å². The van der Waals surface area contributed by atoms with E-state index in [9.17, 15) is 0 Å². The lowest BCUT2D eigenvalue weighted by Gasteiger charge is -2.14. The van der Waals surface area contributed by atoms with Crippen LogP contribution in [0.25, 0.3) is 0 Å². The molecule has 0 aromatic carbocycles. The standard InChI is InChI=1S/C10H17N5/c1-8-6-9(15(3)13-8)7-12-10-11-4-5-14(10)2/h6H,4-5,7H2,1-3H3,(H,11,12). The number of likely N-dealkylation sites (N-methyl/N-ethyl adjacent to an activating group) is 1. The molecule has 1 N–H and O–H groups in total. The van der Waals surface area contributed by atoms with E-state index in [0.29, 0.717) is 0 Å². The zero-order valence-electron chi connectivity index (χ0n) is 9.49. The van der Waals surface area contributed by atoms with E-state index in [1.807, 2.05) is 25.7 Å². The Morgan fingerprint density at radius 3 is 2.80 bits per heavy atom. The van der Waals surface area contributed by atoms with E-state index in [0.717, 1.165) is 31.3 Å². The van der Waals surface area contributed by atoms with Crippen LogP contribution in [0.3, 0.4) is 0 Å². The normalized spacial score (nSPS) is 15.7. The molecule has 5 nitrogen and oxygen atoms in total. The molecular weight excluding hydrogens is 190 g/mol. The number of nitrogens with one attached hydrogen (secondary N) is 1. The van der Waals surface area contributed by atoms with Crippen LogP contribution in [0.4, 0.5) is 0 Å². The molecule has 0 unspecified atom stereocenters. The summed E-state index contributed by atoms with van der Waals surface area (Å²) in [5.74, 6) is 0.980. The van der Waals surface area contributed by atoms with Gasteiger partial charge in [0.1, 0.15) is 0 Å². The van der Waals surface area contributed by atoms with Gasteiger partial charge in [-0.2, -0.15) is 5.10 Å². The monoisotopic (exact) mass is 207 g/mol. The largest absolute Gasteiger partial charge is 0.351 e. The third-order valence-corrected chi connectivity index (χ3v) is 2.59. The number of aryl methyl sites for hydroxylation is 2. The van der Waals surface area contributed by atoms with Gasteiger partial charge >= 0.3 is 0 Å². The summed E-state index contributed by atoms with van der Waals surface area (Å²) in [4.78, 5) is 6.50. The maximum atomic E-state index is 4.37. The summed E-state index contributed by atoms with van der Waals surface area (Å²) in [7, 11) is 4.01. The second-order valence-electron chi connectivity index (χ2n) is 3.88. The highest BCUT2D eigenvalue weighted by Gasteiger charge is 2.12. The molecule has 2 rings (SSSR count). The van der Waals surface area contributed by atoms with E-state index in [4.69, 9.17) is 0 Å². The second-order valence-corrected chi connectivity index (χ2v) is 3.88. The van der Waals surface area contributed by atoms with Gasteiger partial charge in [0.15, 0.2) is 5.96 Å². The van der Waals surface area contributed by atoms with Gasteiger partial charge in [-0.05, 0) is 13.0 Å². The number of aliphatic imine (C=N–C) groups is 1. The van der Waals surface area contributed by atoms with E-state index in [1.54, 1.807) is 0 Å². The highest BCUT2D eigenvalue weighted by Crippen LogP contribution is 2.02. The number of rotatable bonds is 2. The molecule has 0 spiro atoms. The lowest BCUT2D eigenvalue weighted by atomic mass is 10.3. The van der Waals surface area contributed by atoms with Crippen LogP contribution in [0, 0.1) is 6.92 Å². The van der Waals surface area contributed by atoms with Gasteiger partial charge in [0.05, 0.1) is 24.5 Å². The van der Waals surface area contributed by atoms with Gasteiger partial charge in [-0.15, -0.1) is 0 Å².